The van der Waals surface area contributed by atoms with Gasteiger partial charge in [-0.1, -0.05) is 30.3 Å². The number of pyridine rings is 1. The van der Waals surface area contributed by atoms with Crippen LogP contribution in [0.25, 0.3) is 11.1 Å². The Morgan fingerprint density at radius 3 is 2.06 bits per heavy atom. The molecule has 0 saturated carbocycles. The Labute approximate surface area is 102 Å². The summed E-state index contributed by atoms with van der Waals surface area (Å²) in [5, 5.41) is 0. The van der Waals surface area contributed by atoms with E-state index in [0.717, 1.165) is 11.4 Å². The first-order valence-corrected chi connectivity index (χ1v) is 5.94. The average Bonchev–Trinajstić information content (AvgIpc) is 2.35. The van der Waals surface area contributed by atoms with E-state index < -0.39 is 0 Å². The molecule has 1 aromatic carbocycles. The summed E-state index contributed by atoms with van der Waals surface area (Å²) in [6.07, 6.45) is 0. The highest BCUT2D eigenvalue weighted by Gasteiger charge is 2.14. The number of aromatic nitrogens is 1. The highest BCUT2D eigenvalue weighted by atomic mass is 16.7. The van der Waals surface area contributed by atoms with E-state index in [1.165, 1.54) is 11.1 Å². The minimum Gasteiger partial charge on any atom is -0.271 e. The molecule has 2 aromatic rings. The molecule has 1 heterocycles. The summed E-state index contributed by atoms with van der Waals surface area (Å²) >= 11 is 0. The van der Waals surface area contributed by atoms with Crippen LogP contribution in [0.15, 0.2) is 42.5 Å². The van der Waals surface area contributed by atoms with E-state index in [-0.39, 0.29) is 0 Å². The van der Waals surface area contributed by atoms with Gasteiger partial charge in [0.25, 0.3) is 0 Å². The Balaban J connectivity index is 2.46. The molecule has 2 heteroatoms. The highest BCUT2D eigenvalue weighted by molar-refractivity contribution is 5.63. The fraction of sp³-hybridized carbons (Fsp3) is 0.267. The fourth-order valence-corrected chi connectivity index (χ4v) is 2.02. The van der Waals surface area contributed by atoms with Crippen molar-refractivity contribution < 1.29 is 9.57 Å². The summed E-state index contributed by atoms with van der Waals surface area (Å²) in [7, 11) is 0. The number of hydrogen-bond donors (Lipinski definition) is 0. The Morgan fingerprint density at radius 1 is 0.941 bits per heavy atom. The first-order valence-electron chi connectivity index (χ1n) is 5.94. The van der Waals surface area contributed by atoms with Crippen LogP contribution in [-0.4, -0.2) is 6.61 Å². The van der Waals surface area contributed by atoms with Crippen LogP contribution >= 0.6 is 0 Å². The third-order valence-electron chi connectivity index (χ3n) is 2.73. The quantitative estimate of drug-likeness (QED) is 0.736. The molecule has 0 atom stereocenters. The van der Waals surface area contributed by atoms with E-state index in [9.17, 15) is 0 Å². The van der Waals surface area contributed by atoms with Gasteiger partial charge in [0, 0.05) is 30.7 Å². The second-order valence-corrected chi connectivity index (χ2v) is 4.10. The number of benzene rings is 1. The third kappa shape index (κ3) is 2.47. The van der Waals surface area contributed by atoms with Crippen molar-refractivity contribution in [2.75, 3.05) is 6.61 Å². The van der Waals surface area contributed by atoms with E-state index in [0.29, 0.717) is 6.61 Å². The summed E-state index contributed by atoms with van der Waals surface area (Å²) in [5.41, 5.74) is 4.70. The second-order valence-electron chi connectivity index (χ2n) is 4.10. The van der Waals surface area contributed by atoms with Crippen molar-refractivity contribution in [3.05, 3.63) is 53.9 Å². The number of rotatable bonds is 3. The summed E-state index contributed by atoms with van der Waals surface area (Å²) in [5.74, 6) is 0. The van der Waals surface area contributed by atoms with Crippen molar-refractivity contribution in [1.29, 1.82) is 0 Å². The lowest BCUT2D eigenvalue weighted by Gasteiger charge is -2.05. The molecule has 0 aliphatic rings. The first kappa shape index (κ1) is 11.6. The Morgan fingerprint density at radius 2 is 1.53 bits per heavy atom. The number of nitrogens with zero attached hydrogens (tertiary/aromatic N) is 1. The van der Waals surface area contributed by atoms with Gasteiger partial charge < -0.3 is 0 Å². The molecule has 0 saturated heterocycles. The molecule has 0 radical (unpaired) electrons. The molecule has 0 bridgehead atoms. The van der Waals surface area contributed by atoms with Gasteiger partial charge in [-0.2, -0.15) is 0 Å². The summed E-state index contributed by atoms with van der Waals surface area (Å²) < 4.78 is 1.88. The smallest absolute Gasteiger partial charge is 0.232 e. The number of hydrogen-bond acceptors (Lipinski definition) is 1. The van der Waals surface area contributed by atoms with E-state index in [1.54, 1.807) is 0 Å². The maximum Gasteiger partial charge on any atom is 0.232 e. The van der Waals surface area contributed by atoms with Crippen molar-refractivity contribution in [1.82, 2.24) is 0 Å². The van der Waals surface area contributed by atoms with Gasteiger partial charge in [-0.05, 0) is 18.1 Å². The van der Waals surface area contributed by atoms with Crippen LogP contribution in [0.3, 0.4) is 0 Å². The molecule has 88 valence electrons. The minimum atomic E-state index is 0.678. The van der Waals surface area contributed by atoms with Crippen LogP contribution in [0, 0.1) is 13.8 Å². The van der Waals surface area contributed by atoms with Gasteiger partial charge in [0.15, 0.2) is 6.61 Å². The molecular weight excluding hydrogens is 210 g/mol. The maximum atomic E-state index is 5.57. The minimum absolute atomic E-state index is 0.678. The molecule has 0 N–H and O–H groups in total. The Hall–Kier alpha value is -1.83. The summed E-state index contributed by atoms with van der Waals surface area (Å²) in [6.45, 7) is 6.80. The van der Waals surface area contributed by atoms with Gasteiger partial charge in [-0.25, -0.2) is 0 Å². The second kappa shape index (κ2) is 5.00. The van der Waals surface area contributed by atoms with E-state index in [4.69, 9.17) is 4.84 Å². The predicted octanol–water partition coefficient (Wildman–Crippen LogP) is 2.71. The van der Waals surface area contributed by atoms with Gasteiger partial charge in [0.1, 0.15) is 0 Å². The molecular formula is C15H18NO+. The van der Waals surface area contributed by atoms with Crippen LogP contribution in [0.4, 0.5) is 0 Å². The topological polar surface area (TPSA) is 13.1 Å². The van der Waals surface area contributed by atoms with Crippen LogP contribution < -0.4 is 9.57 Å². The first-order chi connectivity index (χ1) is 8.22. The highest BCUT2D eigenvalue weighted by Crippen LogP contribution is 2.19. The summed E-state index contributed by atoms with van der Waals surface area (Å²) in [4.78, 5) is 5.57. The van der Waals surface area contributed by atoms with E-state index in [1.807, 2.05) is 17.7 Å². The standard InChI is InChI=1S/C15H18NO/c1-4-17-16-12(2)10-15(11-13(16)3)14-8-6-5-7-9-14/h5-11H,4H2,1-3H3/q+1. The monoisotopic (exact) mass is 228 g/mol. The largest absolute Gasteiger partial charge is 0.271 e. The van der Waals surface area contributed by atoms with Gasteiger partial charge in [-0.15, -0.1) is 0 Å². The SMILES string of the molecule is CCO[n+]1c(C)cc(-c2ccccc2)cc1C. The number of aryl methyl sites for hydroxylation is 2. The van der Waals surface area contributed by atoms with Crippen molar-refractivity contribution in [2.24, 2.45) is 0 Å². The maximum absolute atomic E-state index is 5.57. The van der Waals surface area contributed by atoms with Crippen LogP contribution in [0.1, 0.15) is 18.3 Å². The van der Waals surface area contributed by atoms with Gasteiger partial charge in [0.05, 0.1) is 0 Å². The predicted molar refractivity (Wildman–Crippen MR) is 68.7 cm³/mol. The molecule has 0 aliphatic heterocycles. The van der Waals surface area contributed by atoms with Gasteiger partial charge in [0.2, 0.25) is 11.4 Å². The summed E-state index contributed by atoms with van der Waals surface area (Å²) in [6, 6.07) is 14.7. The van der Waals surface area contributed by atoms with Crippen molar-refractivity contribution >= 4 is 0 Å². The zero-order valence-electron chi connectivity index (χ0n) is 10.6. The van der Waals surface area contributed by atoms with E-state index in [2.05, 4.69) is 50.2 Å². The molecule has 2 nitrogen and oxygen atoms in total. The van der Waals surface area contributed by atoms with Crippen molar-refractivity contribution in [3.8, 4) is 11.1 Å². The molecule has 0 amide bonds. The van der Waals surface area contributed by atoms with Crippen molar-refractivity contribution in [2.45, 2.75) is 20.8 Å². The lowest BCUT2D eigenvalue weighted by molar-refractivity contribution is -0.898. The fourth-order valence-electron chi connectivity index (χ4n) is 2.02. The molecule has 0 unspecified atom stereocenters. The van der Waals surface area contributed by atoms with Gasteiger partial charge in [-0.3, -0.25) is 4.84 Å². The molecule has 0 fully saturated rings. The van der Waals surface area contributed by atoms with Crippen molar-refractivity contribution in [3.63, 3.8) is 0 Å². The molecule has 2 rings (SSSR count). The van der Waals surface area contributed by atoms with Gasteiger partial charge >= 0.3 is 0 Å². The molecule has 17 heavy (non-hydrogen) atoms. The Kier molecular flexibility index (Phi) is 3.43. The Bertz CT molecular complexity index is 483. The molecule has 0 spiro atoms. The molecule has 0 aliphatic carbocycles. The van der Waals surface area contributed by atoms with Crippen LogP contribution in [-0.2, 0) is 0 Å². The zero-order chi connectivity index (χ0) is 12.3. The normalized spacial score (nSPS) is 10.3. The average molecular weight is 228 g/mol. The molecule has 1 aromatic heterocycles. The lowest BCUT2D eigenvalue weighted by Crippen LogP contribution is -2.48. The van der Waals surface area contributed by atoms with E-state index >= 15 is 0 Å². The zero-order valence-corrected chi connectivity index (χ0v) is 10.6. The third-order valence-corrected chi connectivity index (χ3v) is 2.73. The lowest BCUT2D eigenvalue weighted by atomic mass is 10.1. The van der Waals surface area contributed by atoms with Crippen LogP contribution in [0.2, 0.25) is 0 Å². The van der Waals surface area contributed by atoms with Crippen LogP contribution in [0.5, 0.6) is 0 Å².